The van der Waals surface area contributed by atoms with Crippen molar-refractivity contribution in [2.75, 3.05) is 0 Å². The number of para-hydroxylation sites is 2. The first-order chi connectivity index (χ1) is 29.8. The molecule has 0 amide bonds. The van der Waals surface area contributed by atoms with Gasteiger partial charge in [-0.1, -0.05) is 60.7 Å². The van der Waals surface area contributed by atoms with Crippen molar-refractivity contribution < 1.29 is 0 Å². The Hall–Kier alpha value is -7.80. The van der Waals surface area contributed by atoms with Crippen molar-refractivity contribution in [1.29, 1.82) is 0 Å². The zero-order valence-corrected chi connectivity index (χ0v) is 32.9. The molecule has 0 bridgehead atoms. The van der Waals surface area contributed by atoms with Gasteiger partial charge >= 0.3 is 0 Å². The van der Waals surface area contributed by atoms with E-state index in [1.807, 2.05) is 66.3 Å². The summed E-state index contributed by atoms with van der Waals surface area (Å²) in [6.07, 6.45) is 10.6. The highest BCUT2D eigenvalue weighted by Crippen LogP contribution is 2.44. The average molecular weight is 807 g/mol. The lowest BCUT2D eigenvalue weighted by Gasteiger charge is -2.07. The fourth-order valence-corrected chi connectivity index (χ4v) is 11.1. The molecule has 0 atom stereocenters. The largest absolute Gasteiger partial charge is 0.291 e. The van der Waals surface area contributed by atoms with E-state index in [4.69, 9.17) is 19.9 Å². The molecule has 9 heterocycles. The highest BCUT2D eigenvalue weighted by Gasteiger charge is 2.21. The molecular formula is C48H26N10S2. The van der Waals surface area contributed by atoms with Gasteiger partial charge in [0.15, 0.2) is 22.9 Å². The molecule has 0 aliphatic rings. The fourth-order valence-electron chi connectivity index (χ4n) is 8.59. The number of nitrogens with zero attached hydrogens (tertiary/aromatic N) is 10. The minimum Gasteiger partial charge on any atom is -0.291 e. The summed E-state index contributed by atoms with van der Waals surface area (Å²) in [5, 5.41) is 7.42. The molecule has 9 aromatic heterocycles. The van der Waals surface area contributed by atoms with Gasteiger partial charge in [0.2, 0.25) is 0 Å². The molecule has 0 spiro atoms. The predicted molar refractivity (Wildman–Crippen MR) is 245 cm³/mol. The smallest absolute Gasteiger partial charge is 0.199 e. The van der Waals surface area contributed by atoms with Crippen LogP contribution in [0.3, 0.4) is 0 Å². The third-order valence-corrected chi connectivity index (χ3v) is 13.5. The summed E-state index contributed by atoms with van der Waals surface area (Å²) in [7, 11) is 0. The second kappa shape index (κ2) is 12.9. The molecule has 10 nitrogen and oxygen atoms in total. The lowest BCUT2D eigenvalue weighted by Crippen LogP contribution is -2.00. The third-order valence-electron chi connectivity index (χ3n) is 11.1. The quantitative estimate of drug-likeness (QED) is 0.170. The first-order valence-corrected chi connectivity index (χ1v) is 21.0. The molecule has 5 aromatic carbocycles. The van der Waals surface area contributed by atoms with Crippen molar-refractivity contribution in [2.45, 2.75) is 0 Å². The normalized spacial score (nSPS) is 12.0. The average Bonchev–Trinajstić information content (AvgIpc) is 4.06. The van der Waals surface area contributed by atoms with Gasteiger partial charge in [-0.25, -0.2) is 24.9 Å². The molecule has 60 heavy (non-hydrogen) atoms. The highest BCUT2D eigenvalue weighted by molar-refractivity contribution is 7.27. The van der Waals surface area contributed by atoms with Gasteiger partial charge in [-0.3, -0.25) is 24.1 Å². The van der Waals surface area contributed by atoms with Gasteiger partial charge in [-0.15, -0.1) is 22.7 Å². The van der Waals surface area contributed by atoms with E-state index in [1.54, 1.807) is 29.9 Å². The van der Waals surface area contributed by atoms with Crippen molar-refractivity contribution >= 4 is 129 Å². The maximum atomic E-state index is 4.92. The van der Waals surface area contributed by atoms with E-state index in [0.717, 1.165) is 55.3 Å². The first kappa shape index (κ1) is 33.2. The van der Waals surface area contributed by atoms with Gasteiger partial charge in [0.1, 0.15) is 0 Å². The Morgan fingerprint density at radius 3 is 1.53 bits per heavy atom. The second-order valence-corrected chi connectivity index (χ2v) is 16.5. The summed E-state index contributed by atoms with van der Waals surface area (Å²) in [5.74, 6) is 1.51. The molecule has 0 N–H and O–H groups in total. The maximum absolute atomic E-state index is 4.92. The standard InChI is InChI=1S/C25H14N4S.C23H12N6S/c1-4-10-21-15(6-1)16-11-12-19-23(25(16)30-21)24-20(9-5-13-26-24)29(19)22-14-27-17-7-2-3-8-18(17)28-22;1-2-6-17-13(4-1)14-7-8-15-19(21(14)30-17)20-16(5-3-9-24-20)29(15)18-12-27-22-23(28-18)26-11-10-25-22/h1-14H;1-12H. The molecule has 0 radical (unpaired) electrons. The Labute approximate surface area is 346 Å². The van der Waals surface area contributed by atoms with Crippen LogP contribution in [-0.2, 0) is 0 Å². The van der Waals surface area contributed by atoms with Crippen LogP contribution in [0.15, 0.2) is 159 Å². The van der Waals surface area contributed by atoms with E-state index in [2.05, 4.69) is 114 Å². The molecule has 14 aromatic rings. The van der Waals surface area contributed by atoms with Crippen molar-refractivity contribution in [3.8, 4) is 11.6 Å². The van der Waals surface area contributed by atoms with E-state index in [0.29, 0.717) is 17.1 Å². The number of pyridine rings is 2. The number of fused-ring (bicyclic) bond motifs is 16. The molecule has 0 aliphatic heterocycles. The van der Waals surface area contributed by atoms with E-state index >= 15 is 0 Å². The summed E-state index contributed by atoms with van der Waals surface area (Å²) >= 11 is 3.63. The van der Waals surface area contributed by atoms with Crippen molar-refractivity contribution in [2.24, 2.45) is 0 Å². The summed E-state index contributed by atoms with van der Waals surface area (Å²) in [4.78, 5) is 36.9. The number of benzene rings is 5. The molecule has 0 unspecified atom stereocenters. The van der Waals surface area contributed by atoms with E-state index in [9.17, 15) is 0 Å². The molecular weight excluding hydrogens is 781 g/mol. The van der Waals surface area contributed by atoms with Crippen LogP contribution in [0.4, 0.5) is 0 Å². The molecule has 0 saturated heterocycles. The SMILES string of the molecule is c1ccc2c(c1)sc1c2ccc2c1c1ncccc1n2-c1cnc2nccnc2n1.c1ccc2nc(-n3c4cccnc4c4c5sc6ccccc6c5ccc43)cnc2c1. The lowest BCUT2D eigenvalue weighted by atomic mass is 10.1. The third kappa shape index (κ3) is 4.86. The van der Waals surface area contributed by atoms with Gasteiger partial charge in [0.25, 0.3) is 0 Å². The molecule has 280 valence electrons. The van der Waals surface area contributed by atoms with Crippen LogP contribution in [0, 0.1) is 0 Å². The van der Waals surface area contributed by atoms with Crippen LogP contribution >= 0.6 is 22.7 Å². The van der Waals surface area contributed by atoms with Crippen molar-refractivity contribution in [3.63, 3.8) is 0 Å². The molecule has 0 aliphatic carbocycles. The van der Waals surface area contributed by atoms with Crippen LogP contribution in [0.1, 0.15) is 0 Å². The van der Waals surface area contributed by atoms with Crippen LogP contribution in [-0.4, -0.2) is 49.0 Å². The Balaban J connectivity index is 0.000000123. The minimum absolute atomic E-state index is 0.525. The van der Waals surface area contributed by atoms with Crippen LogP contribution in [0.2, 0.25) is 0 Å². The molecule has 0 saturated carbocycles. The molecule has 0 fully saturated rings. The van der Waals surface area contributed by atoms with Gasteiger partial charge in [-0.05, 0) is 60.7 Å². The first-order valence-electron chi connectivity index (χ1n) is 19.3. The Bertz CT molecular complexity index is 3790. The van der Waals surface area contributed by atoms with Gasteiger partial charge in [-0.2, -0.15) is 0 Å². The Kier molecular flexibility index (Phi) is 7.11. The van der Waals surface area contributed by atoms with Gasteiger partial charge < -0.3 is 0 Å². The molecule has 14 rings (SSSR count). The highest BCUT2D eigenvalue weighted by atomic mass is 32.1. The molecule has 12 heteroatoms. The Morgan fingerprint density at radius 1 is 0.367 bits per heavy atom. The van der Waals surface area contributed by atoms with Crippen molar-refractivity contribution in [3.05, 3.63) is 159 Å². The zero-order valence-electron chi connectivity index (χ0n) is 31.3. The number of hydrogen-bond acceptors (Lipinski definition) is 10. The predicted octanol–water partition coefficient (Wildman–Crippen LogP) is 11.8. The summed E-state index contributed by atoms with van der Waals surface area (Å²) in [6, 6.07) is 42.0. The van der Waals surface area contributed by atoms with Crippen LogP contribution in [0.5, 0.6) is 0 Å². The van der Waals surface area contributed by atoms with E-state index in [-0.39, 0.29) is 0 Å². The van der Waals surface area contributed by atoms with E-state index in [1.165, 1.54) is 45.7 Å². The van der Waals surface area contributed by atoms with Crippen LogP contribution in [0.25, 0.3) is 118 Å². The second-order valence-electron chi connectivity index (χ2n) is 14.4. The summed E-state index contributed by atoms with van der Waals surface area (Å²) in [5.41, 5.74) is 9.00. The monoisotopic (exact) mass is 806 g/mol. The zero-order chi connectivity index (χ0) is 39.3. The maximum Gasteiger partial charge on any atom is 0.199 e. The van der Waals surface area contributed by atoms with Crippen molar-refractivity contribution in [1.82, 2.24) is 49.0 Å². The topological polar surface area (TPSA) is 113 Å². The summed E-state index contributed by atoms with van der Waals surface area (Å²) in [6.45, 7) is 0. The number of hydrogen-bond donors (Lipinski definition) is 0. The summed E-state index contributed by atoms with van der Waals surface area (Å²) < 4.78 is 9.37. The Morgan fingerprint density at radius 2 is 0.900 bits per heavy atom. The minimum atomic E-state index is 0.525. The van der Waals surface area contributed by atoms with Gasteiger partial charge in [0.05, 0.1) is 56.5 Å². The fraction of sp³-hybridized carbons (Fsp3) is 0. The van der Waals surface area contributed by atoms with E-state index < -0.39 is 0 Å². The van der Waals surface area contributed by atoms with Crippen LogP contribution < -0.4 is 0 Å². The number of rotatable bonds is 2. The number of thiophene rings is 2. The number of aromatic nitrogens is 10. The lowest BCUT2D eigenvalue weighted by molar-refractivity contribution is 1.05. The van der Waals surface area contributed by atoms with Gasteiger partial charge in [0, 0.05) is 75.9 Å².